The summed E-state index contributed by atoms with van der Waals surface area (Å²) in [6.07, 6.45) is 1.42. The van der Waals surface area contributed by atoms with Gasteiger partial charge in [-0.1, -0.05) is 0 Å². The van der Waals surface area contributed by atoms with E-state index in [0.29, 0.717) is 18.8 Å². The Morgan fingerprint density at radius 1 is 1.65 bits per heavy atom. The first-order valence-electron chi connectivity index (χ1n) is 5.98. The Hall–Kier alpha value is -2.69. The van der Waals surface area contributed by atoms with Gasteiger partial charge in [-0.25, -0.2) is 9.78 Å². The molecule has 8 nitrogen and oxygen atoms in total. The van der Waals surface area contributed by atoms with Gasteiger partial charge in [-0.2, -0.15) is 5.26 Å². The van der Waals surface area contributed by atoms with Crippen LogP contribution in [-0.2, 0) is 9.53 Å². The lowest BCUT2D eigenvalue weighted by Crippen LogP contribution is -2.37. The van der Waals surface area contributed by atoms with E-state index in [-0.39, 0.29) is 17.4 Å². The second-order valence-electron chi connectivity index (χ2n) is 4.28. The van der Waals surface area contributed by atoms with E-state index in [1.54, 1.807) is 11.0 Å². The van der Waals surface area contributed by atoms with Crippen molar-refractivity contribution in [1.29, 1.82) is 5.26 Å². The average molecular weight is 276 g/mol. The summed E-state index contributed by atoms with van der Waals surface area (Å²) in [6, 6.07) is 3.92. The summed E-state index contributed by atoms with van der Waals surface area (Å²) in [5.74, 6) is 0.00112. The Bertz CT molecular complexity index is 596. The van der Waals surface area contributed by atoms with Gasteiger partial charge in [0.15, 0.2) is 0 Å². The van der Waals surface area contributed by atoms with Gasteiger partial charge in [-0.15, -0.1) is 0 Å². The number of aromatic nitrogens is 1. The van der Waals surface area contributed by atoms with Crippen molar-refractivity contribution in [2.75, 3.05) is 18.6 Å². The fraction of sp³-hybridized carbons (Fsp3) is 0.417. The topological polar surface area (TPSA) is 109 Å². The molecule has 0 aromatic carbocycles. The lowest BCUT2D eigenvalue weighted by atomic mass is 10.2. The zero-order valence-electron chi connectivity index (χ0n) is 10.8. The molecule has 8 heteroatoms. The van der Waals surface area contributed by atoms with Crippen LogP contribution in [0.15, 0.2) is 12.1 Å². The number of pyridine rings is 1. The predicted molar refractivity (Wildman–Crippen MR) is 68.0 cm³/mol. The van der Waals surface area contributed by atoms with Crippen LogP contribution in [0.5, 0.6) is 0 Å². The van der Waals surface area contributed by atoms with Crippen molar-refractivity contribution in [3.8, 4) is 6.07 Å². The van der Waals surface area contributed by atoms with Crippen LogP contribution in [0, 0.1) is 21.4 Å². The smallest absolute Gasteiger partial charge is 0.328 e. The molecule has 1 fully saturated rings. The molecule has 104 valence electrons. The number of ether oxygens (including phenoxy) is 1. The molecule has 0 N–H and O–H groups in total. The number of esters is 1. The number of carbonyl (C=O) groups is 1. The fourth-order valence-electron chi connectivity index (χ4n) is 2.25. The molecule has 1 aliphatic heterocycles. The van der Waals surface area contributed by atoms with Crippen molar-refractivity contribution in [3.63, 3.8) is 0 Å². The minimum absolute atomic E-state index is 0.261. The second-order valence-corrected chi connectivity index (χ2v) is 4.28. The zero-order chi connectivity index (χ0) is 14.7. The highest BCUT2D eigenvalue weighted by molar-refractivity contribution is 5.80. The Morgan fingerprint density at radius 2 is 2.40 bits per heavy atom. The van der Waals surface area contributed by atoms with Crippen LogP contribution in [-0.4, -0.2) is 35.6 Å². The van der Waals surface area contributed by atoms with E-state index in [1.165, 1.54) is 19.2 Å². The molecule has 0 bridgehead atoms. The van der Waals surface area contributed by atoms with Crippen molar-refractivity contribution < 1.29 is 14.5 Å². The maximum absolute atomic E-state index is 11.7. The van der Waals surface area contributed by atoms with Gasteiger partial charge in [0.25, 0.3) is 0 Å². The van der Waals surface area contributed by atoms with Crippen LogP contribution >= 0.6 is 0 Å². The highest BCUT2D eigenvalue weighted by Crippen LogP contribution is 2.27. The van der Waals surface area contributed by atoms with Crippen LogP contribution in [0.1, 0.15) is 18.5 Å². The highest BCUT2D eigenvalue weighted by atomic mass is 16.6. The molecule has 0 saturated carbocycles. The van der Waals surface area contributed by atoms with E-state index in [9.17, 15) is 14.9 Å². The molecule has 20 heavy (non-hydrogen) atoms. The molecule has 1 saturated heterocycles. The first-order chi connectivity index (χ1) is 9.58. The van der Waals surface area contributed by atoms with Gasteiger partial charge in [-0.3, -0.25) is 10.1 Å². The SMILES string of the molecule is COC(=O)C1CCCN1c1ccc([N+](=O)[O-])c(C#N)n1. The standard InChI is InChI=1S/C12H12N4O4/c1-20-12(17)10-3-2-6-15(10)11-5-4-9(16(18)19)8(7-13)14-11/h4-5,10H,2-3,6H2,1H3. The third-order valence-corrected chi connectivity index (χ3v) is 3.18. The number of nitriles is 1. The van der Waals surface area contributed by atoms with Crippen LogP contribution in [0.2, 0.25) is 0 Å². The molecule has 0 aliphatic carbocycles. The number of hydrogen-bond acceptors (Lipinski definition) is 7. The number of hydrogen-bond donors (Lipinski definition) is 0. The Kier molecular flexibility index (Phi) is 3.79. The van der Waals surface area contributed by atoms with E-state index in [4.69, 9.17) is 10.00 Å². The monoisotopic (exact) mass is 276 g/mol. The molecule has 1 unspecified atom stereocenters. The average Bonchev–Trinajstić information content (AvgIpc) is 2.94. The van der Waals surface area contributed by atoms with E-state index in [1.807, 2.05) is 0 Å². The Labute approximate surface area is 114 Å². The van der Waals surface area contributed by atoms with E-state index in [0.717, 1.165) is 6.42 Å². The summed E-state index contributed by atoms with van der Waals surface area (Å²) in [4.78, 5) is 27.4. The summed E-state index contributed by atoms with van der Waals surface area (Å²) in [5.41, 5.74) is -0.604. The minimum atomic E-state index is -0.656. The summed E-state index contributed by atoms with van der Waals surface area (Å²) >= 11 is 0. The molecule has 1 aromatic rings. The Morgan fingerprint density at radius 3 is 3.00 bits per heavy atom. The molecular weight excluding hydrogens is 264 g/mol. The normalized spacial score (nSPS) is 17.6. The molecular formula is C12H12N4O4. The zero-order valence-corrected chi connectivity index (χ0v) is 10.8. The lowest BCUT2D eigenvalue weighted by molar-refractivity contribution is -0.385. The van der Waals surface area contributed by atoms with Gasteiger partial charge >= 0.3 is 11.7 Å². The van der Waals surface area contributed by atoms with Crippen LogP contribution in [0.3, 0.4) is 0 Å². The molecule has 0 amide bonds. The highest BCUT2D eigenvalue weighted by Gasteiger charge is 2.33. The molecule has 2 rings (SSSR count). The van der Waals surface area contributed by atoms with Gasteiger partial charge in [0.1, 0.15) is 17.9 Å². The number of carbonyl (C=O) groups excluding carboxylic acids is 1. The van der Waals surface area contributed by atoms with Gasteiger partial charge in [0.05, 0.1) is 12.0 Å². The largest absolute Gasteiger partial charge is 0.467 e. The van der Waals surface area contributed by atoms with Gasteiger partial charge in [0, 0.05) is 12.6 Å². The summed E-state index contributed by atoms with van der Waals surface area (Å²) in [7, 11) is 1.31. The van der Waals surface area contributed by atoms with Crippen LogP contribution < -0.4 is 4.90 Å². The minimum Gasteiger partial charge on any atom is -0.467 e. The van der Waals surface area contributed by atoms with Gasteiger partial charge < -0.3 is 9.64 Å². The maximum atomic E-state index is 11.7. The summed E-state index contributed by atoms with van der Waals surface area (Å²) in [5, 5.41) is 19.7. The molecule has 1 aromatic heterocycles. The maximum Gasteiger partial charge on any atom is 0.328 e. The summed E-state index contributed by atoms with van der Waals surface area (Å²) in [6.45, 7) is 0.593. The van der Waals surface area contributed by atoms with Crippen molar-refractivity contribution in [1.82, 2.24) is 4.98 Å². The summed E-state index contributed by atoms with van der Waals surface area (Å²) < 4.78 is 4.72. The van der Waals surface area contributed by atoms with Crippen LogP contribution in [0.25, 0.3) is 0 Å². The first-order valence-corrected chi connectivity index (χ1v) is 5.98. The lowest BCUT2D eigenvalue weighted by Gasteiger charge is -2.23. The molecule has 0 radical (unpaired) electrons. The third kappa shape index (κ3) is 2.38. The van der Waals surface area contributed by atoms with Crippen molar-refractivity contribution in [2.45, 2.75) is 18.9 Å². The molecule has 0 spiro atoms. The van der Waals surface area contributed by atoms with E-state index in [2.05, 4.69) is 4.98 Å². The van der Waals surface area contributed by atoms with E-state index < -0.39 is 11.0 Å². The fourth-order valence-corrected chi connectivity index (χ4v) is 2.25. The molecule has 1 aliphatic rings. The van der Waals surface area contributed by atoms with Gasteiger partial charge in [-0.05, 0) is 18.9 Å². The number of methoxy groups -OCH3 is 1. The first kappa shape index (κ1) is 13.7. The number of anilines is 1. The van der Waals surface area contributed by atoms with Crippen molar-refractivity contribution in [2.24, 2.45) is 0 Å². The van der Waals surface area contributed by atoms with E-state index >= 15 is 0 Å². The van der Waals surface area contributed by atoms with Crippen LogP contribution in [0.4, 0.5) is 11.5 Å². The second kappa shape index (κ2) is 5.52. The molecule has 1 atom stereocenters. The predicted octanol–water partition coefficient (Wildman–Crippen LogP) is 1.00. The number of rotatable bonds is 3. The van der Waals surface area contributed by atoms with Gasteiger partial charge in [0.2, 0.25) is 5.69 Å². The van der Waals surface area contributed by atoms with Crippen molar-refractivity contribution in [3.05, 3.63) is 27.9 Å². The van der Waals surface area contributed by atoms with Crippen molar-refractivity contribution >= 4 is 17.5 Å². The third-order valence-electron chi connectivity index (χ3n) is 3.18. The number of nitro groups is 1. The molecule has 2 heterocycles. The quantitative estimate of drug-likeness (QED) is 0.460. The Balaban J connectivity index is 2.36. The number of nitrogens with zero attached hydrogens (tertiary/aromatic N) is 4.